The number of halogens is 1. The minimum atomic E-state index is -0.842. The van der Waals surface area contributed by atoms with Gasteiger partial charge in [0.05, 0.1) is 12.5 Å². The van der Waals surface area contributed by atoms with E-state index in [1.165, 1.54) is 13.2 Å². The van der Waals surface area contributed by atoms with Crippen LogP contribution in [0, 0.1) is 12.7 Å². The van der Waals surface area contributed by atoms with Crippen LogP contribution in [0.3, 0.4) is 0 Å². The molecule has 0 saturated heterocycles. The van der Waals surface area contributed by atoms with E-state index in [2.05, 4.69) is 0 Å². The normalized spacial score (nSPS) is 17.4. The van der Waals surface area contributed by atoms with E-state index in [0.29, 0.717) is 24.0 Å². The molecule has 0 heterocycles. The summed E-state index contributed by atoms with van der Waals surface area (Å²) in [7, 11) is 1.38. The SMILES string of the molecule is COc1cc(C2(C(=O)O)CCC2)cc(C)c1F. The van der Waals surface area contributed by atoms with Gasteiger partial charge in [-0.1, -0.05) is 12.5 Å². The fourth-order valence-corrected chi connectivity index (χ4v) is 2.32. The zero-order valence-corrected chi connectivity index (χ0v) is 9.92. The van der Waals surface area contributed by atoms with Gasteiger partial charge in [-0.15, -0.1) is 0 Å². The van der Waals surface area contributed by atoms with Gasteiger partial charge < -0.3 is 9.84 Å². The van der Waals surface area contributed by atoms with Crippen LogP contribution in [-0.4, -0.2) is 18.2 Å². The second kappa shape index (κ2) is 4.02. The number of ether oxygens (including phenoxy) is 1. The Labute approximate surface area is 99.2 Å². The molecule has 1 aromatic rings. The molecule has 1 saturated carbocycles. The number of benzene rings is 1. The molecule has 17 heavy (non-hydrogen) atoms. The maximum absolute atomic E-state index is 13.6. The van der Waals surface area contributed by atoms with Crippen molar-refractivity contribution in [3.05, 3.63) is 29.1 Å². The number of aryl methyl sites for hydroxylation is 1. The lowest BCUT2D eigenvalue weighted by Crippen LogP contribution is -2.42. The molecule has 1 aliphatic rings. The van der Waals surface area contributed by atoms with E-state index in [0.717, 1.165) is 6.42 Å². The summed E-state index contributed by atoms with van der Waals surface area (Å²) in [5.41, 5.74) is 0.227. The molecule has 1 fully saturated rings. The van der Waals surface area contributed by atoms with Crippen LogP contribution in [0.25, 0.3) is 0 Å². The molecule has 0 unspecified atom stereocenters. The molecule has 0 amide bonds. The van der Waals surface area contributed by atoms with Crippen LogP contribution in [-0.2, 0) is 10.2 Å². The lowest BCUT2D eigenvalue weighted by Gasteiger charge is -2.38. The highest BCUT2D eigenvalue weighted by atomic mass is 19.1. The second-order valence-corrected chi connectivity index (χ2v) is 4.55. The molecule has 0 spiro atoms. The zero-order chi connectivity index (χ0) is 12.6. The first-order valence-electron chi connectivity index (χ1n) is 5.59. The van der Waals surface area contributed by atoms with Crippen molar-refractivity contribution in [1.29, 1.82) is 0 Å². The summed E-state index contributed by atoms with van der Waals surface area (Å²) in [6.07, 6.45) is 2.11. The summed E-state index contributed by atoms with van der Waals surface area (Å²) in [6, 6.07) is 3.13. The molecule has 4 heteroatoms. The summed E-state index contributed by atoms with van der Waals surface area (Å²) >= 11 is 0. The number of aliphatic carboxylic acids is 1. The van der Waals surface area contributed by atoms with Crippen LogP contribution in [0.5, 0.6) is 5.75 Å². The van der Waals surface area contributed by atoms with Crippen molar-refractivity contribution in [1.82, 2.24) is 0 Å². The fraction of sp³-hybridized carbons (Fsp3) is 0.462. The number of carboxylic acids is 1. The van der Waals surface area contributed by atoms with Gasteiger partial charge in [-0.05, 0) is 37.0 Å². The highest BCUT2D eigenvalue weighted by molar-refractivity contribution is 5.82. The van der Waals surface area contributed by atoms with Crippen molar-refractivity contribution >= 4 is 5.97 Å². The van der Waals surface area contributed by atoms with Gasteiger partial charge in [0.15, 0.2) is 11.6 Å². The number of carbonyl (C=O) groups is 1. The summed E-state index contributed by atoms with van der Waals surface area (Å²) in [6.45, 7) is 1.62. The van der Waals surface area contributed by atoms with E-state index < -0.39 is 17.2 Å². The zero-order valence-electron chi connectivity index (χ0n) is 9.92. The van der Waals surface area contributed by atoms with Gasteiger partial charge in [-0.3, -0.25) is 4.79 Å². The molecule has 0 radical (unpaired) electrons. The Bertz CT molecular complexity index is 464. The lowest BCUT2D eigenvalue weighted by molar-refractivity contribution is -0.147. The number of hydrogen-bond donors (Lipinski definition) is 1. The number of carboxylic acid groups (broad SMARTS) is 1. The molecular weight excluding hydrogens is 223 g/mol. The lowest BCUT2D eigenvalue weighted by atomic mass is 9.64. The minimum absolute atomic E-state index is 0.118. The maximum Gasteiger partial charge on any atom is 0.314 e. The largest absolute Gasteiger partial charge is 0.494 e. The molecule has 0 atom stereocenters. The van der Waals surface area contributed by atoms with Crippen molar-refractivity contribution in [2.45, 2.75) is 31.6 Å². The highest BCUT2D eigenvalue weighted by Crippen LogP contribution is 2.45. The Kier molecular flexibility index (Phi) is 2.81. The van der Waals surface area contributed by atoms with Gasteiger partial charge >= 0.3 is 5.97 Å². The Morgan fingerprint density at radius 1 is 1.47 bits per heavy atom. The van der Waals surface area contributed by atoms with E-state index in [4.69, 9.17) is 4.74 Å². The monoisotopic (exact) mass is 238 g/mol. The summed E-state index contributed by atoms with van der Waals surface area (Å²) in [5.74, 6) is -1.14. The van der Waals surface area contributed by atoms with Crippen LogP contribution in [0.1, 0.15) is 30.4 Å². The first kappa shape index (κ1) is 11.9. The molecule has 0 bridgehead atoms. The van der Waals surface area contributed by atoms with Crippen molar-refractivity contribution in [2.24, 2.45) is 0 Å². The Morgan fingerprint density at radius 2 is 2.12 bits per heavy atom. The third-order valence-corrected chi connectivity index (χ3v) is 3.61. The van der Waals surface area contributed by atoms with Crippen LogP contribution in [0.2, 0.25) is 0 Å². The Balaban J connectivity index is 2.52. The summed E-state index contributed by atoms with van der Waals surface area (Å²) < 4.78 is 18.6. The van der Waals surface area contributed by atoms with Crippen molar-refractivity contribution in [2.75, 3.05) is 7.11 Å². The van der Waals surface area contributed by atoms with Gasteiger partial charge in [0.25, 0.3) is 0 Å². The molecular formula is C13H15FO3. The van der Waals surface area contributed by atoms with Crippen molar-refractivity contribution in [3.8, 4) is 5.75 Å². The quantitative estimate of drug-likeness (QED) is 0.880. The molecule has 1 N–H and O–H groups in total. The van der Waals surface area contributed by atoms with Gasteiger partial charge in [-0.2, -0.15) is 0 Å². The molecule has 0 aromatic heterocycles. The van der Waals surface area contributed by atoms with Crippen LogP contribution in [0.4, 0.5) is 4.39 Å². The van der Waals surface area contributed by atoms with Crippen molar-refractivity contribution < 1.29 is 19.0 Å². The first-order chi connectivity index (χ1) is 8.01. The third-order valence-electron chi connectivity index (χ3n) is 3.61. The average molecular weight is 238 g/mol. The van der Waals surface area contributed by atoms with Crippen molar-refractivity contribution in [3.63, 3.8) is 0 Å². The second-order valence-electron chi connectivity index (χ2n) is 4.55. The smallest absolute Gasteiger partial charge is 0.314 e. The van der Waals surface area contributed by atoms with Gasteiger partial charge in [0.1, 0.15) is 0 Å². The van der Waals surface area contributed by atoms with E-state index in [1.807, 2.05) is 0 Å². The maximum atomic E-state index is 13.6. The van der Waals surface area contributed by atoms with E-state index >= 15 is 0 Å². The van der Waals surface area contributed by atoms with Gasteiger partial charge in [0, 0.05) is 0 Å². The molecule has 92 valence electrons. The van der Waals surface area contributed by atoms with Crippen LogP contribution in [0.15, 0.2) is 12.1 Å². The molecule has 1 aromatic carbocycles. The van der Waals surface area contributed by atoms with Crippen LogP contribution >= 0.6 is 0 Å². The standard InChI is InChI=1S/C13H15FO3/c1-8-6-9(7-10(17-2)11(8)14)13(12(15)16)4-3-5-13/h6-7H,3-5H2,1-2H3,(H,15,16). The van der Waals surface area contributed by atoms with E-state index in [9.17, 15) is 14.3 Å². The molecule has 2 rings (SSSR count). The Morgan fingerprint density at radius 3 is 2.53 bits per heavy atom. The van der Waals surface area contributed by atoms with E-state index in [-0.39, 0.29) is 5.75 Å². The summed E-state index contributed by atoms with van der Waals surface area (Å²) in [5, 5.41) is 9.33. The molecule has 1 aliphatic carbocycles. The molecule has 0 aliphatic heterocycles. The third kappa shape index (κ3) is 1.68. The van der Waals surface area contributed by atoms with Gasteiger partial charge in [-0.25, -0.2) is 4.39 Å². The fourth-order valence-electron chi connectivity index (χ4n) is 2.32. The number of rotatable bonds is 3. The van der Waals surface area contributed by atoms with Gasteiger partial charge in [0.2, 0.25) is 0 Å². The predicted octanol–water partition coefficient (Wildman–Crippen LogP) is 2.65. The highest BCUT2D eigenvalue weighted by Gasteiger charge is 2.46. The van der Waals surface area contributed by atoms with E-state index in [1.54, 1.807) is 13.0 Å². The average Bonchev–Trinajstić information content (AvgIpc) is 2.20. The number of methoxy groups -OCH3 is 1. The first-order valence-corrected chi connectivity index (χ1v) is 5.59. The predicted molar refractivity (Wildman–Crippen MR) is 60.9 cm³/mol. The van der Waals surface area contributed by atoms with Crippen LogP contribution < -0.4 is 4.74 Å². The summed E-state index contributed by atoms with van der Waals surface area (Å²) in [4.78, 5) is 11.4. The number of hydrogen-bond acceptors (Lipinski definition) is 2. The Hall–Kier alpha value is -1.58. The topological polar surface area (TPSA) is 46.5 Å². The molecule has 3 nitrogen and oxygen atoms in total. The minimum Gasteiger partial charge on any atom is -0.494 e.